The van der Waals surface area contributed by atoms with E-state index in [9.17, 15) is 9.18 Å². The largest absolute Gasteiger partial charge is 0.468 e. The molecule has 0 spiro atoms. The molecule has 1 aromatic carbocycles. The standard InChI is InChI=1S/C11H11FN2O2/c1-16-11(15)10(13)6-5-14-8-4-2-3-7(12)9(6)8/h2-5,10,14H,13H2,1H3. The number of methoxy groups -OCH3 is 1. The van der Waals surface area contributed by atoms with Crippen LogP contribution in [0.15, 0.2) is 24.4 Å². The van der Waals surface area contributed by atoms with Crippen LogP contribution in [0.5, 0.6) is 0 Å². The van der Waals surface area contributed by atoms with Gasteiger partial charge in [-0.15, -0.1) is 0 Å². The van der Waals surface area contributed by atoms with Gasteiger partial charge < -0.3 is 15.5 Å². The Morgan fingerprint density at radius 3 is 3.00 bits per heavy atom. The molecule has 2 aromatic rings. The molecular weight excluding hydrogens is 211 g/mol. The van der Waals surface area contributed by atoms with Crippen molar-refractivity contribution in [2.24, 2.45) is 5.73 Å². The Bertz CT molecular complexity index is 536. The Kier molecular flexibility index (Phi) is 2.62. The molecule has 1 unspecified atom stereocenters. The highest BCUT2D eigenvalue weighted by atomic mass is 19.1. The van der Waals surface area contributed by atoms with Crippen molar-refractivity contribution in [1.82, 2.24) is 4.98 Å². The summed E-state index contributed by atoms with van der Waals surface area (Å²) in [6, 6.07) is 3.65. The molecule has 0 amide bonds. The maximum Gasteiger partial charge on any atom is 0.327 e. The van der Waals surface area contributed by atoms with Crippen molar-refractivity contribution in [3.05, 3.63) is 35.8 Å². The third kappa shape index (κ3) is 1.55. The van der Waals surface area contributed by atoms with E-state index in [1.54, 1.807) is 12.1 Å². The van der Waals surface area contributed by atoms with Gasteiger partial charge in [0.05, 0.1) is 7.11 Å². The third-order valence-electron chi connectivity index (χ3n) is 2.48. The van der Waals surface area contributed by atoms with Gasteiger partial charge in [0.2, 0.25) is 0 Å². The van der Waals surface area contributed by atoms with Crippen molar-refractivity contribution in [1.29, 1.82) is 0 Å². The summed E-state index contributed by atoms with van der Waals surface area (Å²) < 4.78 is 18.1. The average Bonchev–Trinajstić information content (AvgIpc) is 2.72. The molecule has 0 radical (unpaired) electrons. The number of halogens is 1. The van der Waals surface area contributed by atoms with Crippen LogP contribution in [0, 0.1) is 5.82 Å². The zero-order valence-corrected chi connectivity index (χ0v) is 8.66. The van der Waals surface area contributed by atoms with Crippen LogP contribution < -0.4 is 5.73 Å². The lowest BCUT2D eigenvalue weighted by Gasteiger charge is -2.07. The number of hydrogen-bond donors (Lipinski definition) is 2. The van der Waals surface area contributed by atoms with E-state index in [4.69, 9.17) is 5.73 Å². The molecule has 84 valence electrons. The number of H-pyrrole nitrogens is 1. The number of carbonyl (C=O) groups excluding carboxylic acids is 1. The molecule has 5 heteroatoms. The van der Waals surface area contributed by atoms with Crippen molar-refractivity contribution in [3.8, 4) is 0 Å². The van der Waals surface area contributed by atoms with Crippen LogP contribution in [0.3, 0.4) is 0 Å². The SMILES string of the molecule is COC(=O)C(N)c1c[nH]c2cccc(F)c12. The summed E-state index contributed by atoms with van der Waals surface area (Å²) in [7, 11) is 1.24. The summed E-state index contributed by atoms with van der Waals surface area (Å²) in [5.41, 5.74) is 6.68. The predicted molar refractivity (Wildman–Crippen MR) is 57.2 cm³/mol. The van der Waals surface area contributed by atoms with Crippen molar-refractivity contribution in [3.63, 3.8) is 0 Å². The maximum absolute atomic E-state index is 13.6. The van der Waals surface area contributed by atoms with Crippen LogP contribution in [0.4, 0.5) is 4.39 Å². The summed E-state index contributed by atoms with van der Waals surface area (Å²) in [5.74, 6) is -1.00. The summed E-state index contributed by atoms with van der Waals surface area (Å²) in [4.78, 5) is 14.1. The van der Waals surface area contributed by atoms with Gasteiger partial charge in [0, 0.05) is 22.7 Å². The first kappa shape index (κ1) is 10.6. The van der Waals surface area contributed by atoms with Gasteiger partial charge in [0.15, 0.2) is 0 Å². The fourth-order valence-corrected chi connectivity index (χ4v) is 1.66. The van der Waals surface area contributed by atoms with Gasteiger partial charge in [-0.2, -0.15) is 0 Å². The molecule has 16 heavy (non-hydrogen) atoms. The number of esters is 1. The number of aromatic nitrogens is 1. The number of fused-ring (bicyclic) bond motifs is 1. The lowest BCUT2D eigenvalue weighted by molar-refractivity contribution is -0.142. The van der Waals surface area contributed by atoms with E-state index in [0.717, 1.165) is 0 Å². The second-order valence-electron chi connectivity index (χ2n) is 3.41. The number of aromatic amines is 1. The van der Waals surface area contributed by atoms with E-state index in [1.807, 2.05) is 0 Å². The molecule has 0 fully saturated rings. The fraction of sp³-hybridized carbons (Fsp3) is 0.182. The molecule has 0 saturated heterocycles. The third-order valence-corrected chi connectivity index (χ3v) is 2.48. The van der Waals surface area contributed by atoms with Gasteiger partial charge in [-0.25, -0.2) is 4.39 Å². The minimum atomic E-state index is -0.976. The second kappa shape index (κ2) is 3.94. The molecule has 1 heterocycles. The van der Waals surface area contributed by atoms with Gasteiger partial charge >= 0.3 is 5.97 Å². The van der Waals surface area contributed by atoms with E-state index >= 15 is 0 Å². The first-order chi connectivity index (χ1) is 7.65. The van der Waals surface area contributed by atoms with E-state index in [-0.39, 0.29) is 0 Å². The van der Waals surface area contributed by atoms with Crippen molar-refractivity contribution >= 4 is 16.9 Å². The molecule has 2 rings (SSSR count). The highest BCUT2D eigenvalue weighted by Gasteiger charge is 2.21. The summed E-state index contributed by atoms with van der Waals surface area (Å²) >= 11 is 0. The van der Waals surface area contributed by atoms with Gasteiger partial charge in [0.25, 0.3) is 0 Å². The van der Waals surface area contributed by atoms with Crippen molar-refractivity contribution in [2.75, 3.05) is 7.11 Å². The Morgan fingerprint density at radius 2 is 2.31 bits per heavy atom. The normalized spacial score (nSPS) is 12.7. The molecule has 0 aliphatic carbocycles. The Hall–Kier alpha value is -1.88. The highest BCUT2D eigenvalue weighted by Crippen LogP contribution is 2.25. The first-order valence-corrected chi connectivity index (χ1v) is 4.74. The average molecular weight is 222 g/mol. The lowest BCUT2D eigenvalue weighted by atomic mass is 10.1. The molecule has 0 saturated carbocycles. The first-order valence-electron chi connectivity index (χ1n) is 4.74. The quantitative estimate of drug-likeness (QED) is 0.756. The number of hydrogen-bond acceptors (Lipinski definition) is 3. The molecule has 3 N–H and O–H groups in total. The Morgan fingerprint density at radius 1 is 1.56 bits per heavy atom. The van der Waals surface area contributed by atoms with Gasteiger partial charge in [0.1, 0.15) is 11.9 Å². The predicted octanol–water partition coefficient (Wildman–Crippen LogP) is 1.48. The lowest BCUT2D eigenvalue weighted by Crippen LogP contribution is -2.22. The zero-order chi connectivity index (χ0) is 11.7. The number of nitrogens with two attached hydrogens (primary N) is 1. The molecule has 0 aliphatic heterocycles. The monoisotopic (exact) mass is 222 g/mol. The van der Waals surface area contributed by atoms with Gasteiger partial charge in [-0.1, -0.05) is 6.07 Å². The number of rotatable bonds is 2. The van der Waals surface area contributed by atoms with E-state index in [0.29, 0.717) is 16.5 Å². The number of carbonyl (C=O) groups is 1. The van der Waals surface area contributed by atoms with E-state index in [1.165, 1.54) is 19.4 Å². The topological polar surface area (TPSA) is 68.1 Å². The van der Waals surface area contributed by atoms with Crippen molar-refractivity contribution in [2.45, 2.75) is 6.04 Å². The van der Waals surface area contributed by atoms with Crippen LogP contribution in [-0.2, 0) is 9.53 Å². The summed E-state index contributed by atoms with van der Waals surface area (Å²) in [6.45, 7) is 0. The fourth-order valence-electron chi connectivity index (χ4n) is 1.66. The molecule has 0 aliphatic rings. The van der Waals surface area contributed by atoms with E-state index in [2.05, 4.69) is 9.72 Å². The van der Waals surface area contributed by atoms with Crippen LogP contribution >= 0.6 is 0 Å². The van der Waals surface area contributed by atoms with Crippen LogP contribution in [0.2, 0.25) is 0 Å². The number of benzene rings is 1. The van der Waals surface area contributed by atoms with Crippen molar-refractivity contribution < 1.29 is 13.9 Å². The second-order valence-corrected chi connectivity index (χ2v) is 3.41. The maximum atomic E-state index is 13.6. The minimum absolute atomic E-state index is 0.334. The molecule has 4 nitrogen and oxygen atoms in total. The Balaban J connectivity index is 2.57. The number of nitrogens with one attached hydrogen (secondary N) is 1. The summed E-state index contributed by atoms with van der Waals surface area (Å²) in [6.07, 6.45) is 1.52. The smallest absolute Gasteiger partial charge is 0.327 e. The van der Waals surface area contributed by atoms with Gasteiger partial charge in [-0.05, 0) is 12.1 Å². The molecule has 0 bridgehead atoms. The molecule has 1 aromatic heterocycles. The van der Waals surface area contributed by atoms with Crippen LogP contribution in [0.1, 0.15) is 11.6 Å². The van der Waals surface area contributed by atoms with E-state index < -0.39 is 17.8 Å². The zero-order valence-electron chi connectivity index (χ0n) is 8.66. The molecule has 1 atom stereocenters. The number of ether oxygens (including phenoxy) is 1. The highest BCUT2D eigenvalue weighted by molar-refractivity contribution is 5.89. The molecular formula is C11H11FN2O2. The van der Waals surface area contributed by atoms with Crippen LogP contribution in [0.25, 0.3) is 10.9 Å². The van der Waals surface area contributed by atoms with Gasteiger partial charge in [-0.3, -0.25) is 4.79 Å². The minimum Gasteiger partial charge on any atom is -0.468 e. The Labute approximate surface area is 91.2 Å². The van der Waals surface area contributed by atoms with Crippen LogP contribution in [-0.4, -0.2) is 18.1 Å². The summed E-state index contributed by atoms with van der Waals surface area (Å²) in [5, 5.41) is 0.334.